The number of carbonyl (C=O) groups is 1. The average Bonchev–Trinajstić information content (AvgIpc) is 3.14. The predicted molar refractivity (Wildman–Crippen MR) is 92.8 cm³/mol. The van der Waals surface area contributed by atoms with Gasteiger partial charge >= 0.3 is 0 Å². The van der Waals surface area contributed by atoms with Gasteiger partial charge in [-0.3, -0.25) is 9.48 Å². The van der Waals surface area contributed by atoms with E-state index >= 15 is 0 Å². The first kappa shape index (κ1) is 17.0. The van der Waals surface area contributed by atoms with Crippen LogP contribution >= 0.6 is 11.6 Å². The molecule has 2 aromatic rings. The summed E-state index contributed by atoms with van der Waals surface area (Å²) in [5.74, 6) is -0.0227. The number of halogens is 1. The Bertz CT molecular complexity index is 729. The number of hydrogen-bond acceptors (Lipinski definition) is 3. The van der Waals surface area contributed by atoms with Crippen molar-refractivity contribution in [3.63, 3.8) is 0 Å². The monoisotopic (exact) mass is 347 g/mol. The minimum atomic E-state index is -0.595. The van der Waals surface area contributed by atoms with E-state index in [9.17, 15) is 4.79 Å². The fourth-order valence-corrected chi connectivity index (χ4v) is 3.81. The van der Waals surface area contributed by atoms with Crippen LogP contribution in [0.4, 0.5) is 0 Å². The maximum atomic E-state index is 13.1. The lowest BCUT2D eigenvalue weighted by atomic mass is 10.0. The SMILES string of the molecule is CO[C@@H](C(=O)N1CCC[C@@H]1c1c(C)nn(C)c1Cl)c1ccccc1. The molecule has 0 spiro atoms. The maximum absolute atomic E-state index is 13.1. The highest BCUT2D eigenvalue weighted by atomic mass is 35.5. The van der Waals surface area contributed by atoms with Crippen molar-refractivity contribution in [3.8, 4) is 0 Å². The van der Waals surface area contributed by atoms with Crippen molar-refractivity contribution in [3.05, 3.63) is 52.3 Å². The molecular formula is C18H22ClN3O2. The number of hydrogen-bond donors (Lipinski definition) is 0. The summed E-state index contributed by atoms with van der Waals surface area (Å²) < 4.78 is 7.18. The zero-order valence-electron chi connectivity index (χ0n) is 14.2. The van der Waals surface area contributed by atoms with Crippen molar-refractivity contribution in [2.75, 3.05) is 13.7 Å². The second kappa shape index (κ2) is 6.95. The molecule has 0 saturated carbocycles. The minimum Gasteiger partial charge on any atom is -0.367 e. The number of amides is 1. The summed E-state index contributed by atoms with van der Waals surface area (Å²) in [5, 5.41) is 4.99. The van der Waals surface area contributed by atoms with E-state index in [0.29, 0.717) is 11.7 Å². The Kier molecular flexibility index (Phi) is 4.92. The zero-order valence-corrected chi connectivity index (χ0v) is 15.0. The molecule has 1 aromatic carbocycles. The number of ether oxygens (including phenoxy) is 1. The highest BCUT2D eigenvalue weighted by Crippen LogP contribution is 2.39. The molecule has 6 heteroatoms. The molecule has 0 bridgehead atoms. The van der Waals surface area contributed by atoms with Crippen LogP contribution in [0.2, 0.25) is 5.15 Å². The van der Waals surface area contributed by atoms with Crippen LogP contribution in [-0.4, -0.2) is 34.2 Å². The Morgan fingerprint density at radius 3 is 2.67 bits per heavy atom. The van der Waals surface area contributed by atoms with Crippen molar-refractivity contribution in [2.24, 2.45) is 7.05 Å². The van der Waals surface area contributed by atoms with Crippen LogP contribution in [-0.2, 0) is 16.6 Å². The molecule has 1 aromatic heterocycles. The minimum absolute atomic E-state index is 0.0227. The second-order valence-electron chi connectivity index (χ2n) is 6.13. The van der Waals surface area contributed by atoms with Crippen LogP contribution in [0.1, 0.15) is 41.8 Å². The van der Waals surface area contributed by atoms with Gasteiger partial charge in [0.1, 0.15) is 5.15 Å². The molecule has 3 rings (SSSR count). The molecule has 1 saturated heterocycles. The van der Waals surface area contributed by atoms with E-state index in [1.807, 2.05) is 49.2 Å². The van der Waals surface area contributed by atoms with Crippen molar-refractivity contribution in [1.29, 1.82) is 0 Å². The van der Waals surface area contributed by atoms with Gasteiger partial charge in [0.05, 0.1) is 11.7 Å². The Morgan fingerprint density at radius 2 is 2.08 bits per heavy atom. The third kappa shape index (κ3) is 2.94. The van der Waals surface area contributed by atoms with Gasteiger partial charge in [-0.25, -0.2) is 0 Å². The summed E-state index contributed by atoms with van der Waals surface area (Å²) in [6.45, 7) is 2.65. The van der Waals surface area contributed by atoms with E-state index in [1.54, 1.807) is 11.8 Å². The normalized spacial score (nSPS) is 18.8. The molecule has 0 aliphatic carbocycles. The molecule has 0 unspecified atom stereocenters. The lowest BCUT2D eigenvalue weighted by Crippen LogP contribution is -2.35. The summed E-state index contributed by atoms with van der Waals surface area (Å²) >= 11 is 6.43. The molecular weight excluding hydrogens is 326 g/mol. The molecule has 1 aliphatic heterocycles. The summed E-state index contributed by atoms with van der Waals surface area (Å²) in [6, 6.07) is 9.55. The number of benzene rings is 1. The summed E-state index contributed by atoms with van der Waals surface area (Å²) in [4.78, 5) is 15.0. The van der Waals surface area contributed by atoms with Gasteiger partial charge in [-0.2, -0.15) is 5.10 Å². The summed E-state index contributed by atoms with van der Waals surface area (Å²) in [6.07, 6.45) is 1.25. The number of rotatable bonds is 4. The van der Waals surface area contributed by atoms with Gasteiger partial charge in [-0.15, -0.1) is 0 Å². The quantitative estimate of drug-likeness (QED) is 0.851. The van der Waals surface area contributed by atoms with Crippen LogP contribution in [0.25, 0.3) is 0 Å². The van der Waals surface area contributed by atoms with E-state index < -0.39 is 6.10 Å². The van der Waals surface area contributed by atoms with Gasteiger partial charge < -0.3 is 9.64 Å². The number of methoxy groups -OCH3 is 1. The first-order chi connectivity index (χ1) is 11.5. The largest absolute Gasteiger partial charge is 0.367 e. The highest BCUT2D eigenvalue weighted by molar-refractivity contribution is 6.30. The Hall–Kier alpha value is -1.85. The van der Waals surface area contributed by atoms with Crippen LogP contribution in [0, 0.1) is 6.92 Å². The van der Waals surface area contributed by atoms with Crippen LogP contribution in [0.15, 0.2) is 30.3 Å². The number of carbonyl (C=O) groups excluding carboxylic acids is 1. The fourth-order valence-electron chi connectivity index (χ4n) is 3.51. The van der Waals surface area contributed by atoms with E-state index in [4.69, 9.17) is 16.3 Å². The molecule has 2 atom stereocenters. The second-order valence-corrected chi connectivity index (χ2v) is 6.49. The summed E-state index contributed by atoms with van der Waals surface area (Å²) in [5.41, 5.74) is 2.69. The van der Waals surface area contributed by atoms with E-state index in [-0.39, 0.29) is 11.9 Å². The Balaban J connectivity index is 1.91. The number of nitrogens with zero attached hydrogens (tertiary/aromatic N) is 3. The van der Waals surface area contributed by atoms with Gasteiger partial charge in [0.15, 0.2) is 6.10 Å². The molecule has 2 heterocycles. The average molecular weight is 348 g/mol. The number of aryl methyl sites for hydroxylation is 2. The smallest absolute Gasteiger partial charge is 0.256 e. The fraction of sp³-hybridized carbons (Fsp3) is 0.444. The molecule has 128 valence electrons. The molecule has 1 aliphatic rings. The standard InChI is InChI=1S/C18H22ClN3O2/c1-12-15(17(19)21(2)20-12)14-10-7-11-22(14)18(23)16(24-3)13-8-5-4-6-9-13/h4-6,8-9,14,16H,7,10-11H2,1-3H3/t14-,16-/m1/s1. The first-order valence-corrected chi connectivity index (χ1v) is 8.49. The molecule has 24 heavy (non-hydrogen) atoms. The number of aromatic nitrogens is 2. The van der Waals surface area contributed by atoms with Crippen LogP contribution in [0.5, 0.6) is 0 Å². The van der Waals surface area contributed by atoms with Crippen molar-refractivity contribution in [1.82, 2.24) is 14.7 Å². The Labute approximate surface area is 147 Å². The van der Waals surface area contributed by atoms with E-state index in [1.165, 1.54) is 0 Å². The topological polar surface area (TPSA) is 47.4 Å². The van der Waals surface area contributed by atoms with Gasteiger partial charge in [-0.1, -0.05) is 41.9 Å². The Morgan fingerprint density at radius 1 is 1.38 bits per heavy atom. The van der Waals surface area contributed by atoms with Crippen molar-refractivity contribution in [2.45, 2.75) is 31.9 Å². The molecule has 0 radical (unpaired) electrons. The van der Waals surface area contributed by atoms with Gasteiger partial charge in [0.2, 0.25) is 0 Å². The first-order valence-electron chi connectivity index (χ1n) is 8.11. The molecule has 5 nitrogen and oxygen atoms in total. The summed E-state index contributed by atoms with van der Waals surface area (Å²) in [7, 11) is 3.39. The van der Waals surface area contributed by atoms with E-state index in [0.717, 1.165) is 29.7 Å². The van der Waals surface area contributed by atoms with Crippen LogP contribution < -0.4 is 0 Å². The predicted octanol–water partition coefficient (Wildman–Crippen LogP) is 3.43. The molecule has 0 N–H and O–H groups in total. The lowest BCUT2D eigenvalue weighted by Gasteiger charge is -2.28. The van der Waals surface area contributed by atoms with Gasteiger partial charge in [-0.05, 0) is 25.3 Å². The number of likely N-dealkylation sites (tertiary alicyclic amines) is 1. The third-order valence-corrected chi connectivity index (χ3v) is 5.08. The maximum Gasteiger partial charge on any atom is 0.256 e. The van der Waals surface area contributed by atoms with Gasteiger partial charge in [0.25, 0.3) is 5.91 Å². The van der Waals surface area contributed by atoms with E-state index in [2.05, 4.69) is 5.10 Å². The van der Waals surface area contributed by atoms with Gasteiger partial charge in [0, 0.05) is 26.3 Å². The van der Waals surface area contributed by atoms with Crippen LogP contribution in [0.3, 0.4) is 0 Å². The lowest BCUT2D eigenvalue weighted by molar-refractivity contribution is -0.143. The zero-order chi connectivity index (χ0) is 17.3. The third-order valence-electron chi connectivity index (χ3n) is 4.63. The van der Waals surface area contributed by atoms with Crippen molar-refractivity contribution >= 4 is 17.5 Å². The highest BCUT2D eigenvalue weighted by Gasteiger charge is 2.37. The van der Waals surface area contributed by atoms with Crippen molar-refractivity contribution < 1.29 is 9.53 Å². The molecule has 1 fully saturated rings. The molecule has 1 amide bonds.